The van der Waals surface area contributed by atoms with Crippen molar-refractivity contribution in [1.82, 2.24) is 4.90 Å². The number of benzene rings is 1. The van der Waals surface area contributed by atoms with E-state index < -0.39 is 18.1 Å². The summed E-state index contributed by atoms with van der Waals surface area (Å²) < 4.78 is 0. The van der Waals surface area contributed by atoms with Crippen LogP contribution in [0.2, 0.25) is 0 Å². The fourth-order valence-electron chi connectivity index (χ4n) is 2.57. The Bertz CT molecular complexity index is 506. The van der Waals surface area contributed by atoms with Crippen LogP contribution in [0.5, 0.6) is 0 Å². The molecule has 0 aromatic heterocycles. The normalized spacial score (nSPS) is 24.9. The number of nitrogens with zero attached hydrogens (tertiary/aromatic N) is 2. The van der Waals surface area contributed by atoms with Crippen molar-refractivity contribution in [2.45, 2.75) is 31.5 Å². The maximum atomic E-state index is 11.4. The molecule has 100 valence electrons. The van der Waals surface area contributed by atoms with E-state index in [2.05, 4.69) is 6.07 Å². The molecule has 0 saturated carbocycles. The van der Waals surface area contributed by atoms with Crippen LogP contribution in [0.3, 0.4) is 0 Å². The van der Waals surface area contributed by atoms with Crippen LogP contribution in [-0.4, -0.2) is 34.6 Å². The van der Waals surface area contributed by atoms with Crippen LogP contribution in [0.25, 0.3) is 0 Å². The Morgan fingerprint density at radius 1 is 1.53 bits per heavy atom. The number of hydrogen-bond donors (Lipinski definition) is 2. The van der Waals surface area contributed by atoms with Crippen LogP contribution < -0.4 is 5.73 Å². The molecule has 1 amide bonds. The second-order valence-corrected chi connectivity index (χ2v) is 4.91. The summed E-state index contributed by atoms with van der Waals surface area (Å²) in [6.45, 7) is 2.41. The quantitative estimate of drug-likeness (QED) is 0.829. The average Bonchev–Trinajstić information content (AvgIpc) is 2.80. The summed E-state index contributed by atoms with van der Waals surface area (Å²) in [5, 5.41) is 18.5. The second kappa shape index (κ2) is 5.39. The van der Waals surface area contributed by atoms with Gasteiger partial charge in [0.05, 0.1) is 23.8 Å². The monoisotopic (exact) mass is 259 g/mol. The molecular weight excluding hydrogens is 242 g/mol. The summed E-state index contributed by atoms with van der Waals surface area (Å²) >= 11 is 0. The topological polar surface area (TPSA) is 90.3 Å². The molecule has 0 bridgehead atoms. The minimum Gasteiger partial charge on any atom is -0.392 e. The Morgan fingerprint density at radius 3 is 2.68 bits per heavy atom. The molecule has 2 unspecified atom stereocenters. The number of carbonyl (C=O) groups excluding carboxylic acids is 1. The SMILES string of the molecule is C[C@@H](c1ccc(C#N)cc1)N1CC(O)CC1C(N)=O. The third-order valence-electron chi connectivity index (χ3n) is 3.67. The lowest BCUT2D eigenvalue weighted by Gasteiger charge is -2.28. The first-order valence-corrected chi connectivity index (χ1v) is 6.26. The number of nitriles is 1. The van der Waals surface area contributed by atoms with E-state index in [9.17, 15) is 9.90 Å². The number of carbonyl (C=O) groups is 1. The highest BCUT2D eigenvalue weighted by molar-refractivity contribution is 5.80. The summed E-state index contributed by atoms with van der Waals surface area (Å²) in [5.41, 5.74) is 6.98. The summed E-state index contributed by atoms with van der Waals surface area (Å²) in [6, 6.07) is 8.84. The molecule has 1 saturated heterocycles. The molecule has 1 aromatic carbocycles. The molecular formula is C14H17N3O2. The van der Waals surface area contributed by atoms with Crippen molar-refractivity contribution < 1.29 is 9.90 Å². The number of hydrogen-bond acceptors (Lipinski definition) is 4. The van der Waals surface area contributed by atoms with Gasteiger partial charge in [0.2, 0.25) is 5.91 Å². The summed E-state index contributed by atoms with van der Waals surface area (Å²) in [4.78, 5) is 13.3. The van der Waals surface area contributed by atoms with Crippen LogP contribution in [0.15, 0.2) is 24.3 Å². The highest BCUT2D eigenvalue weighted by atomic mass is 16.3. The van der Waals surface area contributed by atoms with Crippen molar-refractivity contribution in [1.29, 1.82) is 5.26 Å². The van der Waals surface area contributed by atoms with E-state index in [0.29, 0.717) is 18.5 Å². The molecule has 3 N–H and O–H groups in total. The first-order chi connectivity index (χ1) is 9.02. The predicted octanol–water partition coefficient (Wildman–Crippen LogP) is 0.540. The van der Waals surface area contributed by atoms with E-state index in [4.69, 9.17) is 11.0 Å². The first kappa shape index (κ1) is 13.5. The Kier molecular flexibility index (Phi) is 3.84. The van der Waals surface area contributed by atoms with E-state index in [1.54, 1.807) is 12.1 Å². The molecule has 2 rings (SSSR count). The van der Waals surface area contributed by atoms with Crippen molar-refractivity contribution >= 4 is 5.91 Å². The van der Waals surface area contributed by atoms with Gasteiger partial charge in [0, 0.05) is 12.6 Å². The zero-order valence-corrected chi connectivity index (χ0v) is 10.8. The summed E-state index contributed by atoms with van der Waals surface area (Å²) in [7, 11) is 0. The number of aliphatic hydroxyl groups is 1. The Balaban J connectivity index is 2.20. The molecule has 0 radical (unpaired) electrons. The number of amides is 1. The molecule has 0 spiro atoms. The van der Waals surface area contributed by atoms with Gasteiger partial charge in [0.15, 0.2) is 0 Å². The van der Waals surface area contributed by atoms with Gasteiger partial charge in [-0.3, -0.25) is 9.69 Å². The van der Waals surface area contributed by atoms with Crippen LogP contribution in [-0.2, 0) is 4.79 Å². The van der Waals surface area contributed by atoms with Crippen LogP contribution >= 0.6 is 0 Å². The predicted molar refractivity (Wildman–Crippen MR) is 69.9 cm³/mol. The number of nitrogens with two attached hydrogens (primary N) is 1. The maximum absolute atomic E-state index is 11.4. The number of likely N-dealkylation sites (tertiary alicyclic amines) is 1. The lowest BCUT2D eigenvalue weighted by molar-refractivity contribution is -0.122. The summed E-state index contributed by atoms with van der Waals surface area (Å²) in [5.74, 6) is -0.406. The van der Waals surface area contributed by atoms with Gasteiger partial charge in [-0.25, -0.2) is 0 Å². The molecule has 3 atom stereocenters. The average molecular weight is 259 g/mol. The van der Waals surface area contributed by atoms with Gasteiger partial charge in [0.1, 0.15) is 0 Å². The van der Waals surface area contributed by atoms with E-state index >= 15 is 0 Å². The van der Waals surface area contributed by atoms with Crippen molar-refractivity contribution in [3.05, 3.63) is 35.4 Å². The minimum atomic E-state index is -0.515. The smallest absolute Gasteiger partial charge is 0.234 e. The van der Waals surface area contributed by atoms with Gasteiger partial charge in [0.25, 0.3) is 0 Å². The van der Waals surface area contributed by atoms with E-state index in [1.807, 2.05) is 24.0 Å². The van der Waals surface area contributed by atoms with Crippen molar-refractivity contribution in [2.24, 2.45) is 5.73 Å². The van der Waals surface area contributed by atoms with Crippen molar-refractivity contribution in [3.63, 3.8) is 0 Å². The Labute approximate surface area is 112 Å². The van der Waals surface area contributed by atoms with Gasteiger partial charge < -0.3 is 10.8 Å². The van der Waals surface area contributed by atoms with Crippen molar-refractivity contribution in [3.8, 4) is 6.07 Å². The van der Waals surface area contributed by atoms with Gasteiger partial charge in [-0.15, -0.1) is 0 Å². The summed E-state index contributed by atoms with van der Waals surface area (Å²) in [6.07, 6.45) is -0.131. The first-order valence-electron chi connectivity index (χ1n) is 6.26. The minimum absolute atomic E-state index is 0.0256. The van der Waals surface area contributed by atoms with E-state index in [0.717, 1.165) is 5.56 Å². The standard InChI is InChI=1S/C14H17N3O2/c1-9(11-4-2-10(7-15)3-5-11)17-8-12(18)6-13(17)14(16)19/h2-5,9,12-13,18H,6,8H2,1H3,(H2,16,19)/t9-,12?,13?/m0/s1. The fraction of sp³-hybridized carbons (Fsp3) is 0.429. The Morgan fingerprint density at radius 2 is 2.16 bits per heavy atom. The molecule has 1 aromatic rings. The van der Waals surface area contributed by atoms with Gasteiger partial charge in [-0.2, -0.15) is 5.26 Å². The van der Waals surface area contributed by atoms with Crippen molar-refractivity contribution in [2.75, 3.05) is 6.54 Å². The zero-order chi connectivity index (χ0) is 14.0. The third kappa shape index (κ3) is 2.75. The number of rotatable bonds is 3. The highest BCUT2D eigenvalue weighted by Gasteiger charge is 2.37. The molecule has 5 heteroatoms. The zero-order valence-electron chi connectivity index (χ0n) is 10.8. The third-order valence-corrected chi connectivity index (χ3v) is 3.67. The van der Waals surface area contributed by atoms with Crippen LogP contribution in [0, 0.1) is 11.3 Å². The second-order valence-electron chi connectivity index (χ2n) is 4.91. The van der Waals surface area contributed by atoms with E-state index in [-0.39, 0.29) is 6.04 Å². The molecule has 1 aliphatic rings. The number of aliphatic hydroxyl groups excluding tert-OH is 1. The van der Waals surface area contributed by atoms with Crippen LogP contribution in [0.4, 0.5) is 0 Å². The van der Waals surface area contributed by atoms with Gasteiger partial charge in [-0.1, -0.05) is 12.1 Å². The Hall–Kier alpha value is -1.90. The van der Waals surface area contributed by atoms with E-state index in [1.165, 1.54) is 0 Å². The highest BCUT2D eigenvalue weighted by Crippen LogP contribution is 2.29. The molecule has 0 aliphatic carbocycles. The molecule has 5 nitrogen and oxygen atoms in total. The fourth-order valence-corrected chi connectivity index (χ4v) is 2.57. The van der Waals surface area contributed by atoms with Crippen LogP contribution in [0.1, 0.15) is 30.5 Å². The molecule has 1 heterocycles. The molecule has 1 fully saturated rings. The number of primary amides is 1. The lowest BCUT2D eigenvalue weighted by Crippen LogP contribution is -2.41. The van der Waals surface area contributed by atoms with Gasteiger partial charge in [-0.05, 0) is 31.0 Å². The molecule has 1 aliphatic heterocycles. The van der Waals surface area contributed by atoms with Gasteiger partial charge >= 0.3 is 0 Å². The lowest BCUT2D eigenvalue weighted by atomic mass is 10.0. The molecule has 19 heavy (non-hydrogen) atoms. The number of β-amino-alcohol motifs (C(OH)–C–C–N with tert-alkyl or cyclic N) is 1. The maximum Gasteiger partial charge on any atom is 0.234 e. The largest absolute Gasteiger partial charge is 0.392 e.